The lowest BCUT2D eigenvalue weighted by atomic mass is 10.2. The Morgan fingerprint density at radius 1 is 1.04 bits per heavy atom. The number of rotatable bonds is 6. The molecule has 0 fully saturated rings. The minimum Gasteiger partial charge on any atom is -0.495 e. The second kappa shape index (κ2) is 8.28. The molecule has 2 rings (SSSR count). The SMILES string of the molecule is COC(=O)c1ccc(Cl)c(NS(=O)(=O)c2ccc(NC(C)=O)c(OC)c2)c1. The quantitative estimate of drug-likeness (QED) is 0.706. The first-order valence-electron chi connectivity index (χ1n) is 7.54. The maximum Gasteiger partial charge on any atom is 0.337 e. The molecule has 0 aliphatic heterocycles. The molecule has 1 amide bonds. The summed E-state index contributed by atoms with van der Waals surface area (Å²) in [6, 6.07) is 8.03. The predicted octanol–water partition coefficient (Wildman–Crippen LogP) is 2.89. The Morgan fingerprint density at radius 2 is 1.74 bits per heavy atom. The van der Waals surface area contributed by atoms with Crippen LogP contribution in [0, 0.1) is 0 Å². The van der Waals surface area contributed by atoms with Crippen LogP contribution in [-0.2, 0) is 19.6 Å². The summed E-state index contributed by atoms with van der Waals surface area (Å²) >= 11 is 6.03. The minimum absolute atomic E-state index is 0.0180. The first-order valence-corrected chi connectivity index (χ1v) is 9.40. The van der Waals surface area contributed by atoms with E-state index in [2.05, 4.69) is 14.8 Å². The van der Waals surface area contributed by atoms with Crippen molar-refractivity contribution in [3.05, 3.63) is 47.0 Å². The molecule has 0 aromatic heterocycles. The van der Waals surface area contributed by atoms with Gasteiger partial charge in [-0.05, 0) is 30.3 Å². The van der Waals surface area contributed by atoms with Crippen LogP contribution >= 0.6 is 11.6 Å². The van der Waals surface area contributed by atoms with Gasteiger partial charge in [-0.15, -0.1) is 0 Å². The lowest BCUT2D eigenvalue weighted by molar-refractivity contribution is -0.114. The zero-order chi connectivity index (χ0) is 20.2. The molecular weight excluding hydrogens is 396 g/mol. The number of methoxy groups -OCH3 is 2. The van der Waals surface area contributed by atoms with E-state index in [1.807, 2.05) is 0 Å². The van der Waals surface area contributed by atoms with Gasteiger partial charge in [0.2, 0.25) is 5.91 Å². The Bertz CT molecular complexity index is 991. The highest BCUT2D eigenvalue weighted by Crippen LogP contribution is 2.30. The van der Waals surface area contributed by atoms with Gasteiger partial charge in [0.15, 0.2) is 0 Å². The van der Waals surface area contributed by atoms with Crippen molar-refractivity contribution in [2.75, 3.05) is 24.3 Å². The summed E-state index contributed by atoms with van der Waals surface area (Å²) in [5.74, 6) is -0.788. The van der Waals surface area contributed by atoms with Gasteiger partial charge in [0.1, 0.15) is 5.75 Å². The first kappa shape index (κ1) is 20.5. The molecule has 0 atom stereocenters. The molecule has 0 aliphatic rings. The van der Waals surface area contributed by atoms with Gasteiger partial charge in [-0.25, -0.2) is 13.2 Å². The molecule has 2 aromatic carbocycles. The molecule has 0 unspecified atom stereocenters. The number of esters is 1. The number of amides is 1. The van der Waals surface area contributed by atoms with Gasteiger partial charge in [0.25, 0.3) is 10.0 Å². The molecule has 0 saturated carbocycles. The fraction of sp³-hybridized carbons (Fsp3) is 0.176. The first-order chi connectivity index (χ1) is 12.7. The van der Waals surface area contributed by atoms with Gasteiger partial charge in [-0.2, -0.15) is 0 Å². The van der Waals surface area contributed by atoms with Crippen molar-refractivity contribution in [2.45, 2.75) is 11.8 Å². The van der Waals surface area contributed by atoms with Gasteiger partial charge in [0, 0.05) is 13.0 Å². The molecule has 8 nitrogen and oxygen atoms in total. The Labute approximate surface area is 161 Å². The summed E-state index contributed by atoms with van der Waals surface area (Å²) in [4.78, 5) is 22.7. The van der Waals surface area contributed by atoms with Crippen LogP contribution < -0.4 is 14.8 Å². The zero-order valence-electron chi connectivity index (χ0n) is 14.7. The van der Waals surface area contributed by atoms with E-state index in [0.29, 0.717) is 5.69 Å². The number of sulfonamides is 1. The van der Waals surface area contributed by atoms with Crippen LogP contribution in [0.15, 0.2) is 41.3 Å². The molecule has 0 saturated heterocycles. The van der Waals surface area contributed by atoms with Crippen molar-refractivity contribution in [3.8, 4) is 5.75 Å². The predicted molar refractivity (Wildman–Crippen MR) is 101 cm³/mol. The van der Waals surface area contributed by atoms with Gasteiger partial charge >= 0.3 is 5.97 Å². The van der Waals surface area contributed by atoms with Crippen LogP contribution in [0.5, 0.6) is 5.75 Å². The van der Waals surface area contributed by atoms with E-state index < -0.39 is 16.0 Å². The molecule has 0 heterocycles. The molecule has 144 valence electrons. The summed E-state index contributed by atoms with van der Waals surface area (Å²) in [5.41, 5.74) is 0.484. The second-order valence-corrected chi connectivity index (χ2v) is 7.42. The Kier molecular flexibility index (Phi) is 6.29. The number of benzene rings is 2. The third-order valence-electron chi connectivity index (χ3n) is 3.43. The van der Waals surface area contributed by atoms with E-state index in [9.17, 15) is 18.0 Å². The maximum atomic E-state index is 12.7. The number of anilines is 2. The van der Waals surface area contributed by atoms with Crippen LogP contribution in [-0.4, -0.2) is 34.5 Å². The van der Waals surface area contributed by atoms with Gasteiger partial charge in [-0.1, -0.05) is 11.6 Å². The van der Waals surface area contributed by atoms with E-state index in [1.165, 1.54) is 57.5 Å². The Morgan fingerprint density at radius 3 is 2.33 bits per heavy atom. The average molecular weight is 413 g/mol. The zero-order valence-corrected chi connectivity index (χ0v) is 16.3. The van der Waals surface area contributed by atoms with Crippen LogP contribution in [0.2, 0.25) is 5.02 Å². The number of hydrogen-bond donors (Lipinski definition) is 2. The van der Waals surface area contributed by atoms with Crippen LogP contribution in [0.4, 0.5) is 11.4 Å². The van der Waals surface area contributed by atoms with Gasteiger partial charge < -0.3 is 14.8 Å². The minimum atomic E-state index is -4.04. The fourth-order valence-electron chi connectivity index (χ4n) is 2.18. The second-order valence-electron chi connectivity index (χ2n) is 5.33. The van der Waals surface area contributed by atoms with E-state index in [-0.39, 0.29) is 32.8 Å². The van der Waals surface area contributed by atoms with Crippen molar-refractivity contribution < 1.29 is 27.5 Å². The number of hydrogen-bond acceptors (Lipinski definition) is 6. The molecule has 0 bridgehead atoms. The smallest absolute Gasteiger partial charge is 0.337 e. The maximum absolute atomic E-state index is 12.7. The number of ether oxygens (including phenoxy) is 2. The monoisotopic (exact) mass is 412 g/mol. The summed E-state index contributed by atoms with van der Waals surface area (Å²) in [6.45, 7) is 1.32. The highest BCUT2D eigenvalue weighted by molar-refractivity contribution is 7.92. The molecule has 0 radical (unpaired) electrons. The third-order valence-corrected chi connectivity index (χ3v) is 5.12. The molecule has 10 heteroatoms. The van der Waals surface area contributed by atoms with Crippen molar-refractivity contribution >= 4 is 44.9 Å². The van der Waals surface area contributed by atoms with Crippen LogP contribution in [0.25, 0.3) is 0 Å². The molecule has 2 N–H and O–H groups in total. The number of carbonyl (C=O) groups excluding carboxylic acids is 2. The molecular formula is C17H17ClN2O6S. The highest BCUT2D eigenvalue weighted by Gasteiger charge is 2.19. The lowest BCUT2D eigenvalue weighted by Crippen LogP contribution is -2.15. The van der Waals surface area contributed by atoms with Crippen molar-refractivity contribution in [1.29, 1.82) is 0 Å². The highest BCUT2D eigenvalue weighted by atomic mass is 35.5. The van der Waals surface area contributed by atoms with Gasteiger partial charge in [0.05, 0.1) is 41.1 Å². The fourth-order valence-corrected chi connectivity index (χ4v) is 3.49. The average Bonchev–Trinajstić information content (AvgIpc) is 2.62. The summed E-state index contributed by atoms with van der Waals surface area (Å²) in [5, 5.41) is 2.64. The molecule has 0 aliphatic carbocycles. The number of carbonyl (C=O) groups is 2. The molecule has 2 aromatic rings. The number of nitrogens with one attached hydrogen (secondary N) is 2. The van der Waals surface area contributed by atoms with Gasteiger partial charge in [-0.3, -0.25) is 9.52 Å². The number of halogens is 1. The van der Waals surface area contributed by atoms with Crippen molar-refractivity contribution in [1.82, 2.24) is 0 Å². The third kappa shape index (κ3) is 4.89. The van der Waals surface area contributed by atoms with Crippen molar-refractivity contribution in [3.63, 3.8) is 0 Å². The Balaban J connectivity index is 2.39. The normalized spacial score (nSPS) is 10.8. The standard InChI is InChI=1S/C17H17ClN2O6S/c1-10(21)19-14-7-5-12(9-16(14)25-2)27(23,24)20-15-8-11(17(22)26-3)4-6-13(15)18/h4-9,20H,1-3H3,(H,19,21). The lowest BCUT2D eigenvalue weighted by Gasteiger charge is -2.13. The molecule has 27 heavy (non-hydrogen) atoms. The molecule has 0 spiro atoms. The van der Waals surface area contributed by atoms with E-state index >= 15 is 0 Å². The largest absolute Gasteiger partial charge is 0.495 e. The Hall–Kier alpha value is -2.78. The van der Waals surface area contributed by atoms with E-state index in [4.69, 9.17) is 16.3 Å². The van der Waals surface area contributed by atoms with E-state index in [0.717, 1.165) is 0 Å². The van der Waals surface area contributed by atoms with Crippen LogP contribution in [0.3, 0.4) is 0 Å². The summed E-state index contributed by atoms with van der Waals surface area (Å²) in [7, 11) is -1.48. The summed E-state index contributed by atoms with van der Waals surface area (Å²) < 4.78 is 37.4. The van der Waals surface area contributed by atoms with E-state index in [1.54, 1.807) is 0 Å². The van der Waals surface area contributed by atoms with Crippen LogP contribution in [0.1, 0.15) is 17.3 Å². The topological polar surface area (TPSA) is 111 Å². The van der Waals surface area contributed by atoms with Crippen molar-refractivity contribution in [2.24, 2.45) is 0 Å². The summed E-state index contributed by atoms with van der Waals surface area (Å²) in [6.07, 6.45) is 0.